The molecule has 1 aromatic carbocycles. The summed E-state index contributed by atoms with van der Waals surface area (Å²) in [5.41, 5.74) is 1.41. The summed E-state index contributed by atoms with van der Waals surface area (Å²) in [7, 11) is 1.85. The van der Waals surface area contributed by atoms with E-state index in [4.69, 9.17) is 4.42 Å². The van der Waals surface area contributed by atoms with E-state index in [0.29, 0.717) is 6.42 Å². The molecule has 1 amide bonds. The van der Waals surface area contributed by atoms with Crippen molar-refractivity contribution in [2.24, 2.45) is 0 Å². The van der Waals surface area contributed by atoms with Crippen molar-refractivity contribution in [3.05, 3.63) is 30.5 Å². The molecule has 0 fully saturated rings. The number of rotatable bonds is 4. The fraction of sp³-hybridized carbons (Fsp3) is 0.357. The van der Waals surface area contributed by atoms with Crippen LogP contribution in [0.2, 0.25) is 0 Å². The van der Waals surface area contributed by atoms with Crippen LogP contribution in [0.3, 0.4) is 0 Å². The molecular formula is C14H18N2O2. The van der Waals surface area contributed by atoms with Crippen LogP contribution in [0.1, 0.15) is 20.3 Å². The SMILES string of the molecule is CNC(C)(C)CC(=O)Nc1ccc2occc2c1. The van der Waals surface area contributed by atoms with E-state index in [2.05, 4.69) is 10.6 Å². The van der Waals surface area contributed by atoms with Crippen molar-refractivity contribution < 1.29 is 9.21 Å². The van der Waals surface area contributed by atoms with E-state index in [1.165, 1.54) is 0 Å². The van der Waals surface area contributed by atoms with Crippen LogP contribution in [0.25, 0.3) is 11.0 Å². The summed E-state index contributed by atoms with van der Waals surface area (Å²) in [6.07, 6.45) is 2.06. The Bertz CT molecular complexity index is 558. The maximum Gasteiger partial charge on any atom is 0.226 e. The Kier molecular flexibility index (Phi) is 3.39. The lowest BCUT2D eigenvalue weighted by Crippen LogP contribution is -2.39. The number of hydrogen-bond acceptors (Lipinski definition) is 3. The van der Waals surface area contributed by atoms with Crippen LogP contribution < -0.4 is 10.6 Å². The molecule has 0 saturated heterocycles. The molecule has 2 N–H and O–H groups in total. The van der Waals surface area contributed by atoms with Crippen LogP contribution >= 0.6 is 0 Å². The molecule has 96 valence electrons. The molecule has 0 spiro atoms. The van der Waals surface area contributed by atoms with Gasteiger partial charge in [-0.1, -0.05) is 0 Å². The first kappa shape index (κ1) is 12.6. The third-order valence-electron chi connectivity index (χ3n) is 3.02. The molecule has 18 heavy (non-hydrogen) atoms. The highest BCUT2D eigenvalue weighted by atomic mass is 16.3. The zero-order chi connectivity index (χ0) is 13.2. The van der Waals surface area contributed by atoms with Gasteiger partial charge in [0.15, 0.2) is 0 Å². The van der Waals surface area contributed by atoms with Crippen molar-refractivity contribution >= 4 is 22.6 Å². The molecule has 0 saturated carbocycles. The Morgan fingerprint density at radius 2 is 2.11 bits per heavy atom. The van der Waals surface area contributed by atoms with E-state index >= 15 is 0 Å². The second kappa shape index (κ2) is 4.82. The Morgan fingerprint density at radius 3 is 2.83 bits per heavy atom. The van der Waals surface area contributed by atoms with E-state index in [9.17, 15) is 4.79 Å². The molecule has 4 nitrogen and oxygen atoms in total. The third kappa shape index (κ3) is 2.90. The lowest BCUT2D eigenvalue weighted by molar-refractivity contribution is -0.117. The molecule has 0 aliphatic carbocycles. The fourth-order valence-electron chi connectivity index (χ4n) is 1.74. The van der Waals surface area contributed by atoms with Crippen molar-refractivity contribution in [3.63, 3.8) is 0 Å². The summed E-state index contributed by atoms with van der Waals surface area (Å²) in [5, 5.41) is 6.99. The van der Waals surface area contributed by atoms with Gasteiger partial charge in [0, 0.05) is 23.0 Å². The molecule has 4 heteroatoms. The Labute approximate surface area is 106 Å². The highest BCUT2D eigenvalue weighted by Gasteiger charge is 2.19. The predicted octanol–water partition coefficient (Wildman–Crippen LogP) is 2.76. The molecule has 0 unspecified atom stereocenters. The first-order chi connectivity index (χ1) is 8.50. The summed E-state index contributed by atoms with van der Waals surface area (Å²) in [5.74, 6) is -0.00260. The van der Waals surface area contributed by atoms with Crippen molar-refractivity contribution in [3.8, 4) is 0 Å². The molecule has 2 aromatic rings. The molecule has 0 atom stereocenters. The van der Waals surface area contributed by atoms with E-state index in [1.807, 2.05) is 45.2 Å². The second-order valence-corrected chi connectivity index (χ2v) is 5.03. The van der Waals surface area contributed by atoms with E-state index in [1.54, 1.807) is 6.26 Å². The summed E-state index contributed by atoms with van der Waals surface area (Å²) in [6, 6.07) is 7.48. The van der Waals surface area contributed by atoms with E-state index < -0.39 is 0 Å². The molecule has 0 aliphatic rings. The smallest absolute Gasteiger partial charge is 0.226 e. The first-order valence-electron chi connectivity index (χ1n) is 5.96. The maximum absolute atomic E-state index is 11.9. The number of amides is 1. The summed E-state index contributed by atoms with van der Waals surface area (Å²) in [4.78, 5) is 11.9. The van der Waals surface area contributed by atoms with Crippen molar-refractivity contribution in [2.75, 3.05) is 12.4 Å². The van der Waals surface area contributed by atoms with Crippen LogP contribution in [0, 0.1) is 0 Å². The fourth-order valence-corrected chi connectivity index (χ4v) is 1.74. The van der Waals surface area contributed by atoms with Crippen LogP contribution in [0.5, 0.6) is 0 Å². The zero-order valence-corrected chi connectivity index (χ0v) is 10.9. The van der Waals surface area contributed by atoms with Gasteiger partial charge >= 0.3 is 0 Å². The summed E-state index contributed by atoms with van der Waals surface area (Å²) < 4.78 is 5.25. The highest BCUT2D eigenvalue weighted by molar-refractivity contribution is 5.93. The van der Waals surface area contributed by atoms with Crippen LogP contribution in [0.15, 0.2) is 34.9 Å². The van der Waals surface area contributed by atoms with Gasteiger partial charge in [-0.15, -0.1) is 0 Å². The molecule has 2 rings (SSSR count). The molecule has 0 bridgehead atoms. The Balaban J connectivity index is 2.06. The van der Waals surface area contributed by atoms with Gasteiger partial charge in [-0.25, -0.2) is 0 Å². The number of carbonyl (C=O) groups is 1. The van der Waals surface area contributed by atoms with E-state index in [0.717, 1.165) is 16.7 Å². The monoisotopic (exact) mass is 246 g/mol. The van der Waals surface area contributed by atoms with Crippen LogP contribution in [-0.2, 0) is 4.79 Å². The zero-order valence-electron chi connectivity index (χ0n) is 10.9. The average molecular weight is 246 g/mol. The first-order valence-corrected chi connectivity index (χ1v) is 5.96. The normalized spacial score (nSPS) is 11.7. The molecular weight excluding hydrogens is 228 g/mol. The third-order valence-corrected chi connectivity index (χ3v) is 3.02. The number of carbonyl (C=O) groups excluding carboxylic acids is 1. The average Bonchev–Trinajstić information content (AvgIpc) is 2.75. The number of nitrogens with one attached hydrogen (secondary N) is 2. The summed E-state index contributed by atoms with van der Waals surface area (Å²) in [6.45, 7) is 3.98. The number of furan rings is 1. The molecule has 0 aliphatic heterocycles. The number of fused-ring (bicyclic) bond motifs is 1. The quantitative estimate of drug-likeness (QED) is 0.872. The number of hydrogen-bond donors (Lipinski definition) is 2. The van der Waals surface area contributed by atoms with Gasteiger partial charge < -0.3 is 15.1 Å². The molecule has 1 aromatic heterocycles. The summed E-state index contributed by atoms with van der Waals surface area (Å²) >= 11 is 0. The second-order valence-electron chi connectivity index (χ2n) is 5.03. The molecule has 1 heterocycles. The van der Waals surface area contributed by atoms with Gasteiger partial charge in [-0.2, -0.15) is 0 Å². The Hall–Kier alpha value is -1.81. The topological polar surface area (TPSA) is 54.3 Å². The van der Waals surface area contributed by atoms with Gasteiger partial charge in [-0.05, 0) is 45.2 Å². The van der Waals surface area contributed by atoms with Crippen LogP contribution in [-0.4, -0.2) is 18.5 Å². The minimum absolute atomic E-state index is 0.00260. The largest absolute Gasteiger partial charge is 0.464 e. The highest BCUT2D eigenvalue weighted by Crippen LogP contribution is 2.20. The molecule has 0 radical (unpaired) electrons. The standard InChI is InChI=1S/C14H18N2O2/c1-14(2,15-3)9-13(17)16-11-4-5-12-10(8-11)6-7-18-12/h4-8,15H,9H2,1-3H3,(H,16,17). The minimum atomic E-state index is -0.205. The van der Waals surface area contributed by atoms with Crippen molar-refractivity contribution in [1.29, 1.82) is 0 Å². The van der Waals surface area contributed by atoms with Crippen molar-refractivity contribution in [2.45, 2.75) is 25.8 Å². The lowest BCUT2D eigenvalue weighted by Gasteiger charge is -2.23. The van der Waals surface area contributed by atoms with Crippen LogP contribution in [0.4, 0.5) is 5.69 Å². The van der Waals surface area contributed by atoms with Gasteiger partial charge in [0.25, 0.3) is 0 Å². The van der Waals surface area contributed by atoms with Gasteiger partial charge in [0.05, 0.1) is 6.26 Å². The lowest BCUT2D eigenvalue weighted by atomic mass is 10.0. The maximum atomic E-state index is 11.9. The Morgan fingerprint density at radius 1 is 1.33 bits per heavy atom. The van der Waals surface area contributed by atoms with Gasteiger partial charge in [0.2, 0.25) is 5.91 Å². The number of benzene rings is 1. The predicted molar refractivity (Wildman–Crippen MR) is 72.6 cm³/mol. The van der Waals surface area contributed by atoms with Gasteiger partial charge in [0.1, 0.15) is 5.58 Å². The van der Waals surface area contributed by atoms with Crippen molar-refractivity contribution in [1.82, 2.24) is 5.32 Å². The van der Waals surface area contributed by atoms with E-state index in [-0.39, 0.29) is 11.4 Å². The van der Waals surface area contributed by atoms with Gasteiger partial charge in [-0.3, -0.25) is 4.79 Å². The minimum Gasteiger partial charge on any atom is -0.464 e. The number of anilines is 1.